The first-order valence-electron chi connectivity index (χ1n) is 9.91. The van der Waals surface area contributed by atoms with Gasteiger partial charge in [-0.05, 0) is 18.6 Å². The van der Waals surface area contributed by atoms with Crippen LogP contribution in [-0.4, -0.2) is 30.9 Å². The van der Waals surface area contributed by atoms with Crippen LogP contribution in [0.15, 0.2) is 48.6 Å². The first kappa shape index (κ1) is 23.3. The van der Waals surface area contributed by atoms with Gasteiger partial charge in [0.05, 0.1) is 11.6 Å². The number of esters is 1. The highest BCUT2D eigenvalue weighted by atomic mass is 19.2. The normalized spacial score (nSPS) is 18.7. The Hall–Kier alpha value is -3.33. The Bertz CT molecular complexity index is 1010. The molecule has 2 aromatic rings. The molecule has 170 valence electrons. The molecule has 0 radical (unpaired) electrons. The largest absolute Gasteiger partial charge is 0.463 e. The summed E-state index contributed by atoms with van der Waals surface area (Å²) in [6.07, 6.45) is 1.45. The molecule has 3 rings (SSSR count). The van der Waals surface area contributed by atoms with E-state index in [1.807, 2.05) is 0 Å². The van der Waals surface area contributed by atoms with Crippen LogP contribution in [0.1, 0.15) is 42.2 Å². The molecular weight excluding hydrogens is 427 g/mol. The van der Waals surface area contributed by atoms with Crippen LogP contribution in [-0.2, 0) is 14.3 Å². The number of carbonyl (C=O) groups excluding carboxylic acids is 2. The van der Waals surface area contributed by atoms with Crippen molar-refractivity contribution in [1.29, 1.82) is 0 Å². The molecular formula is C23H22F3NO5. The fraction of sp³-hybridized carbons (Fsp3) is 0.304. The maximum Gasteiger partial charge on any atom is 0.302 e. The van der Waals surface area contributed by atoms with Crippen LogP contribution < -0.4 is 10.1 Å². The lowest BCUT2D eigenvalue weighted by Gasteiger charge is -2.26. The van der Waals surface area contributed by atoms with Crippen LogP contribution in [0.5, 0.6) is 5.75 Å². The van der Waals surface area contributed by atoms with E-state index in [2.05, 4.69) is 5.32 Å². The van der Waals surface area contributed by atoms with Crippen LogP contribution in [0, 0.1) is 17.5 Å². The van der Waals surface area contributed by atoms with E-state index in [1.54, 1.807) is 49.4 Å². The topological polar surface area (TPSA) is 73.9 Å². The van der Waals surface area contributed by atoms with Crippen LogP contribution in [0.4, 0.5) is 13.2 Å². The molecule has 0 spiro atoms. The predicted octanol–water partition coefficient (Wildman–Crippen LogP) is 4.21. The van der Waals surface area contributed by atoms with Crippen molar-refractivity contribution in [3.63, 3.8) is 0 Å². The molecule has 3 atom stereocenters. The summed E-state index contributed by atoms with van der Waals surface area (Å²) in [6.45, 7) is 2.78. The van der Waals surface area contributed by atoms with Gasteiger partial charge in [0.1, 0.15) is 12.7 Å². The molecule has 0 bridgehead atoms. The van der Waals surface area contributed by atoms with Crippen LogP contribution in [0.25, 0.3) is 0 Å². The maximum absolute atomic E-state index is 15.0. The quantitative estimate of drug-likeness (QED) is 0.390. The molecule has 2 aromatic carbocycles. The van der Waals surface area contributed by atoms with E-state index in [1.165, 1.54) is 6.92 Å². The van der Waals surface area contributed by atoms with Crippen LogP contribution in [0.3, 0.4) is 0 Å². The van der Waals surface area contributed by atoms with Crippen molar-refractivity contribution in [3.8, 4) is 5.75 Å². The summed E-state index contributed by atoms with van der Waals surface area (Å²) in [5, 5.41) is 2.55. The number of amides is 1. The first-order chi connectivity index (χ1) is 15.3. The van der Waals surface area contributed by atoms with Crippen molar-refractivity contribution in [2.24, 2.45) is 0 Å². The third kappa shape index (κ3) is 5.67. The van der Waals surface area contributed by atoms with Gasteiger partial charge in [-0.2, -0.15) is 4.39 Å². The number of carbonyl (C=O) groups is 2. The smallest absolute Gasteiger partial charge is 0.302 e. The second kappa shape index (κ2) is 10.3. The Labute approximate surface area is 183 Å². The molecule has 9 heteroatoms. The van der Waals surface area contributed by atoms with E-state index >= 15 is 0 Å². The van der Waals surface area contributed by atoms with Crippen molar-refractivity contribution >= 4 is 11.9 Å². The van der Waals surface area contributed by atoms with Gasteiger partial charge in [0, 0.05) is 13.3 Å². The third-order valence-electron chi connectivity index (χ3n) is 4.71. The minimum atomic E-state index is -1.58. The van der Waals surface area contributed by atoms with Crippen LogP contribution in [0.2, 0.25) is 0 Å². The molecule has 1 N–H and O–H groups in total. The monoisotopic (exact) mass is 449 g/mol. The highest BCUT2D eigenvalue weighted by Crippen LogP contribution is 2.30. The number of ether oxygens (including phenoxy) is 3. The Balaban J connectivity index is 1.77. The van der Waals surface area contributed by atoms with Crippen LogP contribution >= 0.6 is 0 Å². The van der Waals surface area contributed by atoms with Gasteiger partial charge in [0.25, 0.3) is 5.91 Å². The predicted molar refractivity (Wildman–Crippen MR) is 108 cm³/mol. The summed E-state index contributed by atoms with van der Waals surface area (Å²) in [5.41, 5.74) is 0.0472. The second-order valence-corrected chi connectivity index (χ2v) is 7.16. The lowest BCUT2D eigenvalue weighted by molar-refractivity contribution is -0.154. The molecule has 1 aliphatic rings. The Morgan fingerprint density at radius 1 is 1.19 bits per heavy atom. The lowest BCUT2D eigenvalue weighted by atomic mass is 10.1. The standard InChI is InChI=1S/C23H22F3NO5/c1-13(15-7-4-3-5-8-15)27-23(29)17-11-18(24)21(26)22(20(17)25)32-19-10-6-9-16(31-19)12-30-14(2)28/h3-9,11,13,16,19H,10,12H2,1-2H3,(H,27,29)/t13-,16?,19?/m0/s1. The van der Waals surface area contributed by atoms with Crippen molar-refractivity contribution in [2.75, 3.05) is 6.61 Å². The first-order valence-corrected chi connectivity index (χ1v) is 9.91. The molecule has 0 saturated carbocycles. The van der Waals surface area contributed by atoms with E-state index < -0.39 is 59.1 Å². The van der Waals surface area contributed by atoms with E-state index in [9.17, 15) is 22.8 Å². The molecule has 6 nitrogen and oxygen atoms in total. The van der Waals surface area contributed by atoms with Gasteiger partial charge in [-0.3, -0.25) is 9.59 Å². The van der Waals surface area contributed by atoms with Crippen molar-refractivity contribution in [1.82, 2.24) is 5.32 Å². The summed E-state index contributed by atoms with van der Waals surface area (Å²) < 4.78 is 59.0. The third-order valence-corrected chi connectivity index (χ3v) is 4.71. The summed E-state index contributed by atoms with van der Waals surface area (Å²) in [4.78, 5) is 23.5. The van der Waals surface area contributed by atoms with E-state index in [0.29, 0.717) is 6.07 Å². The zero-order valence-electron chi connectivity index (χ0n) is 17.4. The number of halogens is 3. The molecule has 0 saturated heterocycles. The molecule has 2 unspecified atom stereocenters. The fourth-order valence-corrected chi connectivity index (χ4v) is 3.09. The van der Waals surface area contributed by atoms with Gasteiger partial charge in [0.15, 0.2) is 17.4 Å². The molecule has 0 aliphatic carbocycles. The van der Waals surface area contributed by atoms with Crippen molar-refractivity contribution < 1.29 is 37.0 Å². The van der Waals surface area contributed by atoms with E-state index in [4.69, 9.17) is 14.2 Å². The fourth-order valence-electron chi connectivity index (χ4n) is 3.09. The van der Waals surface area contributed by atoms with Gasteiger partial charge >= 0.3 is 5.97 Å². The van der Waals surface area contributed by atoms with Crippen molar-refractivity contribution in [2.45, 2.75) is 38.7 Å². The number of hydrogen-bond acceptors (Lipinski definition) is 5. The van der Waals surface area contributed by atoms with Gasteiger partial charge in [-0.15, -0.1) is 0 Å². The van der Waals surface area contributed by atoms with Gasteiger partial charge in [0.2, 0.25) is 12.1 Å². The summed E-state index contributed by atoms with van der Waals surface area (Å²) in [6, 6.07) is 8.86. The number of rotatable bonds is 7. The highest BCUT2D eigenvalue weighted by Gasteiger charge is 2.29. The zero-order valence-corrected chi connectivity index (χ0v) is 17.4. The zero-order chi connectivity index (χ0) is 23.3. The second-order valence-electron chi connectivity index (χ2n) is 7.16. The van der Waals surface area contributed by atoms with Crippen molar-refractivity contribution in [3.05, 3.63) is 77.1 Å². The maximum atomic E-state index is 15.0. The SMILES string of the molecule is CC(=O)OCC1C=CCC(Oc2c(F)c(F)cc(C(=O)N[C@@H](C)c3ccccc3)c2F)O1. The molecule has 0 aromatic heterocycles. The van der Waals surface area contributed by atoms with Gasteiger partial charge in [-0.1, -0.05) is 42.5 Å². The molecule has 1 heterocycles. The minimum Gasteiger partial charge on any atom is -0.463 e. The Morgan fingerprint density at radius 2 is 1.91 bits per heavy atom. The lowest BCUT2D eigenvalue weighted by Crippen LogP contribution is -2.33. The number of nitrogens with one attached hydrogen (secondary N) is 1. The molecule has 32 heavy (non-hydrogen) atoms. The molecule has 0 fully saturated rings. The number of benzene rings is 2. The average Bonchev–Trinajstić information content (AvgIpc) is 2.78. The summed E-state index contributed by atoms with van der Waals surface area (Å²) in [7, 11) is 0. The Morgan fingerprint density at radius 3 is 2.59 bits per heavy atom. The Kier molecular flexibility index (Phi) is 7.53. The van der Waals surface area contributed by atoms with E-state index in [0.717, 1.165) is 5.56 Å². The minimum absolute atomic E-state index is 0.110. The average molecular weight is 449 g/mol. The number of hydrogen-bond donors (Lipinski definition) is 1. The molecule has 1 amide bonds. The van der Waals surface area contributed by atoms with E-state index in [-0.39, 0.29) is 13.0 Å². The van der Waals surface area contributed by atoms with Gasteiger partial charge < -0.3 is 19.5 Å². The highest BCUT2D eigenvalue weighted by molar-refractivity contribution is 5.95. The summed E-state index contributed by atoms with van der Waals surface area (Å²) >= 11 is 0. The van der Waals surface area contributed by atoms with Gasteiger partial charge in [-0.25, -0.2) is 8.78 Å². The molecule has 1 aliphatic heterocycles. The summed E-state index contributed by atoms with van der Waals surface area (Å²) in [5.74, 6) is -6.88.